The van der Waals surface area contributed by atoms with Gasteiger partial charge in [0.1, 0.15) is 6.17 Å². The fraction of sp³-hybridized carbons (Fsp3) is 1.00. The summed E-state index contributed by atoms with van der Waals surface area (Å²) in [6.07, 6.45) is 0.174. The lowest BCUT2D eigenvalue weighted by Gasteiger charge is -2.36. The van der Waals surface area contributed by atoms with Crippen molar-refractivity contribution in [1.82, 2.24) is 4.90 Å². The first-order chi connectivity index (χ1) is 5.88. The van der Waals surface area contributed by atoms with Gasteiger partial charge in [-0.25, -0.2) is 4.39 Å². The monoisotopic (exact) mass is 189 g/mol. The number of hydrogen-bond donors (Lipinski definition) is 1. The third-order valence-electron chi connectivity index (χ3n) is 2.56. The van der Waals surface area contributed by atoms with Crippen molar-refractivity contribution in [2.24, 2.45) is 5.92 Å². The van der Waals surface area contributed by atoms with Crippen LogP contribution in [0.15, 0.2) is 0 Å². The van der Waals surface area contributed by atoms with E-state index in [1.54, 1.807) is 13.8 Å². The molecular formula is C10H20FNO. The molecule has 0 amide bonds. The molecule has 3 heteroatoms. The highest BCUT2D eigenvalue weighted by molar-refractivity contribution is 4.81. The van der Waals surface area contributed by atoms with E-state index in [-0.39, 0.29) is 5.92 Å². The Labute approximate surface area is 79.7 Å². The fourth-order valence-corrected chi connectivity index (χ4v) is 1.78. The Balaban J connectivity index is 2.38. The first-order valence-corrected chi connectivity index (χ1v) is 4.97. The van der Waals surface area contributed by atoms with Crippen LogP contribution in [0.25, 0.3) is 0 Å². The zero-order valence-corrected chi connectivity index (χ0v) is 8.76. The molecule has 0 aromatic heterocycles. The number of alkyl halides is 1. The topological polar surface area (TPSA) is 23.5 Å². The van der Waals surface area contributed by atoms with Gasteiger partial charge in [0, 0.05) is 13.1 Å². The molecule has 78 valence electrons. The third-order valence-corrected chi connectivity index (χ3v) is 2.56. The molecule has 1 rings (SSSR count). The van der Waals surface area contributed by atoms with Gasteiger partial charge >= 0.3 is 0 Å². The van der Waals surface area contributed by atoms with Crippen LogP contribution in [0.5, 0.6) is 0 Å². The zero-order chi connectivity index (χ0) is 10.1. The molecule has 0 aromatic carbocycles. The Morgan fingerprint density at radius 3 is 2.62 bits per heavy atom. The molecule has 1 aliphatic heterocycles. The van der Waals surface area contributed by atoms with Gasteiger partial charge in [0.2, 0.25) is 0 Å². The molecule has 1 saturated heterocycles. The van der Waals surface area contributed by atoms with Crippen molar-refractivity contribution < 1.29 is 9.50 Å². The lowest BCUT2D eigenvalue weighted by Crippen LogP contribution is -2.46. The molecule has 0 radical (unpaired) electrons. The van der Waals surface area contributed by atoms with E-state index in [2.05, 4.69) is 0 Å². The first-order valence-electron chi connectivity index (χ1n) is 4.97. The number of nitrogens with zero attached hydrogens (tertiary/aromatic N) is 1. The van der Waals surface area contributed by atoms with Crippen molar-refractivity contribution >= 4 is 0 Å². The first kappa shape index (κ1) is 10.9. The second kappa shape index (κ2) is 3.93. The predicted octanol–water partition coefficient (Wildman–Crippen LogP) is 1.44. The van der Waals surface area contributed by atoms with E-state index in [1.807, 2.05) is 11.8 Å². The van der Waals surface area contributed by atoms with Gasteiger partial charge in [-0.05, 0) is 32.7 Å². The Hall–Kier alpha value is -0.150. The highest BCUT2D eigenvalue weighted by atomic mass is 19.1. The van der Waals surface area contributed by atoms with Gasteiger partial charge in [-0.15, -0.1) is 0 Å². The summed E-state index contributed by atoms with van der Waals surface area (Å²) < 4.78 is 13.3. The van der Waals surface area contributed by atoms with Gasteiger partial charge in [-0.3, -0.25) is 4.90 Å². The van der Waals surface area contributed by atoms with Gasteiger partial charge in [0.05, 0.1) is 5.60 Å². The zero-order valence-electron chi connectivity index (χ0n) is 8.76. The number of aliphatic hydroxyl groups is 1. The van der Waals surface area contributed by atoms with Crippen molar-refractivity contribution in [3.8, 4) is 0 Å². The van der Waals surface area contributed by atoms with E-state index in [1.165, 1.54) is 0 Å². The number of hydrogen-bond acceptors (Lipinski definition) is 2. The number of likely N-dealkylation sites (tertiary alicyclic amines) is 1. The van der Waals surface area contributed by atoms with Crippen molar-refractivity contribution in [1.29, 1.82) is 0 Å². The minimum absolute atomic E-state index is 0.179. The van der Waals surface area contributed by atoms with Crippen molar-refractivity contribution in [3.05, 3.63) is 0 Å². The van der Waals surface area contributed by atoms with Gasteiger partial charge in [-0.2, -0.15) is 0 Å². The summed E-state index contributed by atoms with van der Waals surface area (Å²) in [6, 6.07) is 0. The summed E-state index contributed by atoms with van der Waals surface area (Å²) in [5.74, 6) is 0.179. The third kappa shape index (κ3) is 3.61. The maximum absolute atomic E-state index is 13.3. The molecule has 1 heterocycles. The normalized spacial score (nSPS) is 32.1. The summed E-state index contributed by atoms with van der Waals surface area (Å²) in [6.45, 7) is 7.43. The van der Waals surface area contributed by atoms with Crippen LogP contribution in [-0.2, 0) is 0 Å². The molecular weight excluding hydrogens is 169 g/mol. The van der Waals surface area contributed by atoms with E-state index in [4.69, 9.17) is 0 Å². The Morgan fingerprint density at radius 1 is 1.54 bits per heavy atom. The molecule has 0 bridgehead atoms. The lowest BCUT2D eigenvalue weighted by atomic mass is 9.96. The van der Waals surface area contributed by atoms with Crippen LogP contribution in [0.3, 0.4) is 0 Å². The summed E-state index contributed by atoms with van der Waals surface area (Å²) in [7, 11) is 0. The Kier molecular flexibility index (Phi) is 3.30. The van der Waals surface area contributed by atoms with Crippen LogP contribution in [0.4, 0.5) is 4.39 Å². The van der Waals surface area contributed by atoms with Crippen LogP contribution < -0.4 is 0 Å². The van der Waals surface area contributed by atoms with Gasteiger partial charge in [0.15, 0.2) is 0 Å². The quantitative estimate of drug-likeness (QED) is 0.710. The van der Waals surface area contributed by atoms with Gasteiger partial charge in [-0.1, -0.05) is 6.92 Å². The van der Waals surface area contributed by atoms with Crippen molar-refractivity contribution in [2.45, 2.75) is 39.0 Å². The predicted molar refractivity (Wildman–Crippen MR) is 51.4 cm³/mol. The lowest BCUT2D eigenvalue weighted by molar-refractivity contribution is 0.00602. The summed E-state index contributed by atoms with van der Waals surface area (Å²) in [5.41, 5.74) is -0.708. The molecule has 0 aliphatic carbocycles. The van der Waals surface area contributed by atoms with Crippen molar-refractivity contribution in [3.63, 3.8) is 0 Å². The van der Waals surface area contributed by atoms with Gasteiger partial charge < -0.3 is 5.11 Å². The van der Waals surface area contributed by atoms with Crippen LogP contribution >= 0.6 is 0 Å². The van der Waals surface area contributed by atoms with E-state index in [9.17, 15) is 9.50 Å². The number of rotatable bonds is 2. The molecule has 0 spiro atoms. The summed E-state index contributed by atoms with van der Waals surface area (Å²) in [4.78, 5) is 2.00. The largest absolute Gasteiger partial charge is 0.389 e. The van der Waals surface area contributed by atoms with E-state index < -0.39 is 11.8 Å². The SMILES string of the molecule is CC1CCN(CC(C)(C)O)CC1F. The average molecular weight is 189 g/mol. The maximum atomic E-state index is 13.3. The van der Waals surface area contributed by atoms with Crippen LogP contribution in [0.2, 0.25) is 0 Å². The van der Waals surface area contributed by atoms with E-state index in [0.29, 0.717) is 13.1 Å². The minimum Gasteiger partial charge on any atom is -0.389 e. The highest BCUT2D eigenvalue weighted by Crippen LogP contribution is 2.21. The van der Waals surface area contributed by atoms with Crippen molar-refractivity contribution in [2.75, 3.05) is 19.6 Å². The maximum Gasteiger partial charge on any atom is 0.115 e. The van der Waals surface area contributed by atoms with Gasteiger partial charge in [0.25, 0.3) is 0 Å². The fourth-order valence-electron chi connectivity index (χ4n) is 1.78. The Bertz CT molecular complexity index is 167. The van der Waals surface area contributed by atoms with E-state index >= 15 is 0 Å². The molecule has 1 fully saturated rings. The molecule has 1 N–H and O–H groups in total. The molecule has 13 heavy (non-hydrogen) atoms. The Morgan fingerprint density at radius 2 is 2.15 bits per heavy atom. The molecule has 0 aromatic rings. The average Bonchev–Trinajstić information content (AvgIpc) is 1.94. The molecule has 2 nitrogen and oxygen atoms in total. The van der Waals surface area contributed by atoms with Crippen LogP contribution in [0, 0.1) is 5.92 Å². The molecule has 2 atom stereocenters. The highest BCUT2D eigenvalue weighted by Gasteiger charge is 2.28. The minimum atomic E-state index is -0.726. The standard InChI is InChI=1S/C10H20FNO/c1-8-4-5-12(6-9(8)11)7-10(2,3)13/h8-9,13H,4-7H2,1-3H3. The van der Waals surface area contributed by atoms with E-state index in [0.717, 1.165) is 13.0 Å². The van der Waals surface area contributed by atoms with Crippen LogP contribution in [0.1, 0.15) is 27.2 Å². The second-order valence-corrected chi connectivity index (χ2v) is 4.83. The smallest absolute Gasteiger partial charge is 0.115 e. The second-order valence-electron chi connectivity index (χ2n) is 4.83. The molecule has 2 unspecified atom stereocenters. The summed E-state index contributed by atoms with van der Waals surface area (Å²) >= 11 is 0. The number of halogens is 1. The summed E-state index contributed by atoms with van der Waals surface area (Å²) in [5, 5.41) is 9.56. The molecule has 0 saturated carbocycles. The molecule has 1 aliphatic rings. The number of β-amino-alcohol motifs (C(OH)–C–C–N with tert-alkyl or cyclic N) is 1. The van der Waals surface area contributed by atoms with Crippen LogP contribution in [-0.4, -0.2) is 41.4 Å². The number of piperidine rings is 1.